The normalized spacial score (nSPS) is 19.6. The van der Waals surface area contributed by atoms with Crippen LogP contribution >= 0.6 is 0 Å². The number of rotatable bonds is 5. The molecule has 2 N–H and O–H groups in total. The molecule has 1 fully saturated rings. The number of carbonyl (C=O) groups is 1. The van der Waals surface area contributed by atoms with E-state index in [9.17, 15) is 14.3 Å². The maximum absolute atomic E-state index is 13.6. The van der Waals surface area contributed by atoms with Crippen LogP contribution in [-0.4, -0.2) is 47.9 Å². The van der Waals surface area contributed by atoms with E-state index in [0.29, 0.717) is 26.1 Å². The molecule has 22 heavy (non-hydrogen) atoms. The summed E-state index contributed by atoms with van der Waals surface area (Å²) >= 11 is 0. The number of nitrogens with zero attached hydrogens (tertiary/aromatic N) is 1. The quantitative estimate of drug-likeness (QED) is 0.876. The predicted octanol–water partition coefficient (Wildman–Crippen LogP) is 2.15. The molecule has 1 heterocycles. The van der Waals surface area contributed by atoms with Gasteiger partial charge >= 0.3 is 6.03 Å². The van der Waals surface area contributed by atoms with Crippen LogP contribution in [0.5, 0.6) is 5.75 Å². The fraction of sp³-hybridized carbons (Fsp3) is 0.562. The van der Waals surface area contributed by atoms with Crippen molar-refractivity contribution in [2.45, 2.75) is 38.4 Å². The molecule has 2 rings (SSSR count). The first-order valence-electron chi connectivity index (χ1n) is 7.72. The summed E-state index contributed by atoms with van der Waals surface area (Å²) in [5, 5.41) is 12.4. The molecule has 1 aromatic carbocycles. The van der Waals surface area contributed by atoms with Crippen LogP contribution in [0.3, 0.4) is 0 Å². The van der Waals surface area contributed by atoms with Crippen LogP contribution in [0.25, 0.3) is 0 Å². The van der Waals surface area contributed by atoms with Crippen molar-refractivity contribution in [1.29, 1.82) is 0 Å². The van der Waals surface area contributed by atoms with E-state index >= 15 is 0 Å². The molecule has 0 radical (unpaired) electrons. The van der Waals surface area contributed by atoms with E-state index in [-0.39, 0.29) is 17.9 Å². The van der Waals surface area contributed by atoms with Gasteiger partial charge in [-0.05, 0) is 31.4 Å². The highest BCUT2D eigenvalue weighted by atomic mass is 19.1. The maximum Gasteiger partial charge on any atom is 0.317 e. The molecule has 0 aromatic heterocycles. The van der Waals surface area contributed by atoms with E-state index < -0.39 is 11.9 Å². The maximum atomic E-state index is 13.6. The molecule has 0 bridgehead atoms. The first-order valence-corrected chi connectivity index (χ1v) is 7.72. The topological polar surface area (TPSA) is 61.8 Å². The second-order valence-corrected chi connectivity index (χ2v) is 5.51. The average Bonchev–Trinajstić information content (AvgIpc) is 2.52. The van der Waals surface area contributed by atoms with Gasteiger partial charge in [0.15, 0.2) is 11.6 Å². The van der Waals surface area contributed by atoms with Crippen molar-refractivity contribution in [3.05, 3.63) is 30.1 Å². The van der Waals surface area contributed by atoms with Gasteiger partial charge in [0.1, 0.15) is 6.10 Å². The van der Waals surface area contributed by atoms with Gasteiger partial charge in [-0.3, -0.25) is 0 Å². The van der Waals surface area contributed by atoms with Crippen molar-refractivity contribution in [2.24, 2.45) is 0 Å². The van der Waals surface area contributed by atoms with Crippen molar-refractivity contribution < 1.29 is 19.0 Å². The van der Waals surface area contributed by atoms with Gasteiger partial charge in [0.2, 0.25) is 0 Å². The van der Waals surface area contributed by atoms with E-state index in [2.05, 4.69) is 5.32 Å². The second kappa shape index (κ2) is 7.98. The smallest absolute Gasteiger partial charge is 0.317 e. The number of amides is 2. The minimum absolute atomic E-state index is 0.192. The number of carbonyl (C=O) groups excluding carboxylic acids is 1. The summed E-state index contributed by atoms with van der Waals surface area (Å²) in [7, 11) is 0. The summed E-state index contributed by atoms with van der Waals surface area (Å²) in [4.78, 5) is 13.7. The Kier molecular flexibility index (Phi) is 6.00. The standard InChI is InChI=1S/C16H23FN2O3/c1-2-13(22-15-8-4-3-7-14(15)17)10-18-16(21)19-9-5-6-12(20)11-19/h3-4,7-8,12-13,20H,2,5-6,9-11H2,1H3,(H,18,21)/t12-,13-/m1/s1. The van der Waals surface area contributed by atoms with Crippen LogP contribution in [-0.2, 0) is 0 Å². The summed E-state index contributed by atoms with van der Waals surface area (Å²) in [6.45, 7) is 3.23. The molecule has 0 unspecified atom stereocenters. The Morgan fingerprint density at radius 1 is 1.55 bits per heavy atom. The monoisotopic (exact) mass is 310 g/mol. The molecule has 0 spiro atoms. The van der Waals surface area contributed by atoms with E-state index in [1.165, 1.54) is 6.07 Å². The highest BCUT2D eigenvalue weighted by molar-refractivity contribution is 5.74. The van der Waals surface area contributed by atoms with Gasteiger partial charge < -0.3 is 20.1 Å². The molecule has 1 aromatic rings. The number of halogens is 1. The van der Waals surface area contributed by atoms with Gasteiger partial charge in [0.25, 0.3) is 0 Å². The van der Waals surface area contributed by atoms with Gasteiger partial charge in [0.05, 0.1) is 12.6 Å². The number of ether oxygens (including phenoxy) is 1. The van der Waals surface area contributed by atoms with Crippen molar-refractivity contribution >= 4 is 6.03 Å². The highest BCUT2D eigenvalue weighted by Gasteiger charge is 2.22. The largest absolute Gasteiger partial charge is 0.486 e. The number of likely N-dealkylation sites (tertiary alicyclic amines) is 1. The summed E-state index contributed by atoms with van der Waals surface area (Å²) < 4.78 is 19.2. The highest BCUT2D eigenvalue weighted by Crippen LogP contribution is 2.18. The molecular weight excluding hydrogens is 287 g/mol. The molecule has 2 atom stereocenters. The van der Waals surface area contributed by atoms with Crippen molar-refractivity contribution in [2.75, 3.05) is 19.6 Å². The summed E-state index contributed by atoms with van der Waals surface area (Å²) in [6.07, 6.45) is 1.44. The fourth-order valence-corrected chi connectivity index (χ4v) is 2.44. The third-order valence-corrected chi connectivity index (χ3v) is 3.75. The number of para-hydroxylation sites is 1. The molecule has 0 aliphatic carbocycles. The second-order valence-electron chi connectivity index (χ2n) is 5.51. The first kappa shape index (κ1) is 16.5. The Morgan fingerprint density at radius 3 is 3.00 bits per heavy atom. The Bertz CT molecular complexity index is 498. The van der Waals surface area contributed by atoms with Gasteiger partial charge in [-0.25, -0.2) is 9.18 Å². The van der Waals surface area contributed by atoms with E-state index in [1.54, 1.807) is 23.1 Å². The number of benzene rings is 1. The van der Waals surface area contributed by atoms with Crippen LogP contribution in [0.1, 0.15) is 26.2 Å². The van der Waals surface area contributed by atoms with Gasteiger partial charge in [-0.1, -0.05) is 19.1 Å². The lowest BCUT2D eigenvalue weighted by atomic mass is 10.1. The van der Waals surface area contributed by atoms with Crippen molar-refractivity contribution in [3.63, 3.8) is 0 Å². The third-order valence-electron chi connectivity index (χ3n) is 3.75. The number of hydrogen-bond donors (Lipinski definition) is 2. The molecule has 1 saturated heterocycles. The van der Waals surface area contributed by atoms with Crippen LogP contribution in [0.2, 0.25) is 0 Å². The lowest BCUT2D eigenvalue weighted by Gasteiger charge is -2.30. The number of urea groups is 1. The third kappa shape index (κ3) is 4.59. The van der Waals surface area contributed by atoms with Crippen LogP contribution in [0.15, 0.2) is 24.3 Å². The minimum atomic E-state index is -0.448. The fourth-order valence-electron chi connectivity index (χ4n) is 2.44. The molecule has 1 aliphatic rings. The molecule has 2 amide bonds. The molecular formula is C16H23FN2O3. The molecule has 122 valence electrons. The number of aliphatic hydroxyl groups excluding tert-OH is 1. The number of β-amino-alcohol motifs (C(OH)–C–C–N with tert-alkyl or cyclic N) is 1. The van der Waals surface area contributed by atoms with Gasteiger partial charge in [0, 0.05) is 13.1 Å². The zero-order valence-electron chi connectivity index (χ0n) is 12.8. The minimum Gasteiger partial charge on any atom is -0.486 e. The molecule has 5 nitrogen and oxygen atoms in total. The summed E-state index contributed by atoms with van der Waals surface area (Å²) in [5.41, 5.74) is 0. The average molecular weight is 310 g/mol. The number of piperidine rings is 1. The van der Waals surface area contributed by atoms with Crippen LogP contribution < -0.4 is 10.1 Å². The van der Waals surface area contributed by atoms with E-state index in [4.69, 9.17) is 4.74 Å². The van der Waals surface area contributed by atoms with Gasteiger partial charge in [-0.2, -0.15) is 0 Å². The lowest BCUT2D eigenvalue weighted by molar-refractivity contribution is 0.0828. The molecule has 0 saturated carbocycles. The van der Waals surface area contributed by atoms with Crippen LogP contribution in [0.4, 0.5) is 9.18 Å². The van der Waals surface area contributed by atoms with Crippen molar-refractivity contribution in [3.8, 4) is 5.75 Å². The zero-order valence-corrected chi connectivity index (χ0v) is 12.8. The summed E-state index contributed by atoms with van der Waals surface area (Å²) in [5.74, 6) is -0.219. The summed E-state index contributed by atoms with van der Waals surface area (Å²) in [6, 6.07) is 6.01. The van der Waals surface area contributed by atoms with E-state index in [1.807, 2.05) is 6.92 Å². The number of nitrogens with one attached hydrogen (secondary N) is 1. The molecule has 6 heteroatoms. The predicted molar refractivity (Wildman–Crippen MR) is 81.3 cm³/mol. The SMILES string of the molecule is CC[C@H](CNC(=O)N1CCC[C@@H](O)C1)Oc1ccccc1F. The zero-order chi connectivity index (χ0) is 15.9. The van der Waals surface area contributed by atoms with Crippen molar-refractivity contribution in [1.82, 2.24) is 10.2 Å². The Balaban J connectivity index is 1.83. The number of hydrogen-bond acceptors (Lipinski definition) is 3. The van der Waals surface area contributed by atoms with Crippen LogP contribution in [0, 0.1) is 5.82 Å². The number of aliphatic hydroxyl groups is 1. The Morgan fingerprint density at radius 2 is 2.32 bits per heavy atom. The first-order chi connectivity index (χ1) is 10.6. The lowest BCUT2D eigenvalue weighted by Crippen LogP contribution is -2.49. The van der Waals surface area contributed by atoms with Gasteiger partial charge in [-0.15, -0.1) is 0 Å². The molecule has 1 aliphatic heterocycles. The Hall–Kier alpha value is -1.82. The van der Waals surface area contributed by atoms with E-state index in [0.717, 1.165) is 12.8 Å². The Labute approximate surface area is 130 Å².